The topological polar surface area (TPSA) is 42.4 Å². The molecule has 0 aliphatic rings. The Morgan fingerprint density at radius 3 is 2.35 bits per heavy atom. The van der Waals surface area contributed by atoms with Crippen LogP contribution in [0.1, 0.15) is 57.9 Å². The Morgan fingerprint density at radius 2 is 1.65 bits per heavy atom. The van der Waals surface area contributed by atoms with Gasteiger partial charge in [0.1, 0.15) is 0 Å². The summed E-state index contributed by atoms with van der Waals surface area (Å²) in [4.78, 5) is 3.87. The average Bonchev–Trinajstić information content (AvgIpc) is 2.85. The first-order valence-corrected chi connectivity index (χ1v) is 12.0. The third kappa shape index (κ3) is 7.22. The van der Waals surface area contributed by atoms with E-state index in [0.29, 0.717) is 5.56 Å². The van der Waals surface area contributed by atoms with Crippen LogP contribution in [0.2, 0.25) is 0 Å². The quantitative estimate of drug-likeness (QED) is 0.274. The van der Waals surface area contributed by atoms with E-state index in [0.717, 1.165) is 43.4 Å². The summed E-state index contributed by atoms with van der Waals surface area (Å²) in [7, 11) is 0. The lowest BCUT2D eigenvalue weighted by atomic mass is 9.99. The fourth-order valence-corrected chi connectivity index (χ4v) is 3.77. The van der Waals surface area contributed by atoms with Crippen molar-refractivity contribution in [2.45, 2.75) is 58.5 Å². The molecule has 34 heavy (non-hydrogen) atoms. The third-order valence-electron chi connectivity index (χ3n) is 5.82. The highest BCUT2D eigenvalue weighted by molar-refractivity contribution is 5.71. The summed E-state index contributed by atoms with van der Waals surface area (Å²) in [5, 5.41) is 9.32. The molecular weight excluding hydrogens is 432 g/mol. The molecule has 1 atom stereocenters. The van der Waals surface area contributed by atoms with Crippen molar-refractivity contribution >= 4 is 6.08 Å². The Hall–Kier alpha value is -3.05. The van der Waals surface area contributed by atoms with Gasteiger partial charge in [-0.15, -0.1) is 0 Å². The van der Waals surface area contributed by atoms with Gasteiger partial charge in [0.25, 0.3) is 0 Å². The van der Waals surface area contributed by atoms with Gasteiger partial charge in [-0.1, -0.05) is 68.3 Å². The molecule has 0 aliphatic heterocycles. The molecule has 1 aromatic heterocycles. The second kappa shape index (κ2) is 13.0. The Morgan fingerprint density at radius 1 is 0.912 bits per heavy atom. The first-order chi connectivity index (χ1) is 16.5. The van der Waals surface area contributed by atoms with E-state index < -0.39 is 11.6 Å². The highest BCUT2D eigenvalue weighted by Gasteiger charge is 2.13. The molecule has 5 heteroatoms. The SMILES string of the molecule is CCCCCOC(C)CCCC=Cc1ccc(-c2ccc(-c3ccc(O)nc3)cc2)c(F)c1F. The molecule has 1 heterocycles. The first kappa shape index (κ1) is 25.6. The van der Waals surface area contributed by atoms with Crippen LogP contribution in [0.15, 0.2) is 60.8 Å². The Bertz CT molecular complexity index is 1060. The van der Waals surface area contributed by atoms with E-state index in [-0.39, 0.29) is 23.1 Å². The summed E-state index contributed by atoms with van der Waals surface area (Å²) < 4.78 is 35.3. The summed E-state index contributed by atoms with van der Waals surface area (Å²) >= 11 is 0. The van der Waals surface area contributed by atoms with Gasteiger partial charge in [0.05, 0.1) is 6.10 Å². The molecule has 0 aliphatic carbocycles. The van der Waals surface area contributed by atoms with Gasteiger partial charge >= 0.3 is 0 Å². The van der Waals surface area contributed by atoms with E-state index in [9.17, 15) is 13.9 Å². The number of allylic oxidation sites excluding steroid dienone is 1. The maximum absolute atomic E-state index is 14.8. The molecule has 0 spiro atoms. The molecule has 0 saturated heterocycles. The number of rotatable bonds is 12. The lowest BCUT2D eigenvalue weighted by Crippen LogP contribution is -2.08. The Balaban J connectivity index is 1.56. The number of nitrogens with zero attached hydrogens (tertiary/aromatic N) is 1. The fourth-order valence-electron chi connectivity index (χ4n) is 3.77. The maximum Gasteiger partial charge on any atom is 0.210 e. The molecule has 3 aromatic rings. The zero-order valence-corrected chi connectivity index (χ0v) is 19.9. The van der Waals surface area contributed by atoms with Gasteiger partial charge in [-0.2, -0.15) is 0 Å². The van der Waals surface area contributed by atoms with E-state index in [1.165, 1.54) is 18.9 Å². The zero-order chi connectivity index (χ0) is 24.3. The minimum Gasteiger partial charge on any atom is -0.493 e. The zero-order valence-electron chi connectivity index (χ0n) is 19.9. The second-order valence-electron chi connectivity index (χ2n) is 8.53. The summed E-state index contributed by atoms with van der Waals surface area (Å²) in [6.07, 6.45) is 11.5. The molecule has 0 saturated carbocycles. The van der Waals surface area contributed by atoms with Crippen molar-refractivity contribution in [1.82, 2.24) is 4.98 Å². The molecule has 3 rings (SSSR count). The fraction of sp³-hybridized carbons (Fsp3) is 0.345. The average molecular weight is 466 g/mol. The van der Waals surface area contributed by atoms with Crippen LogP contribution in [0.4, 0.5) is 8.78 Å². The summed E-state index contributed by atoms with van der Waals surface area (Å²) in [6, 6.07) is 13.6. The number of halogens is 2. The van der Waals surface area contributed by atoms with Crippen molar-refractivity contribution < 1.29 is 18.6 Å². The van der Waals surface area contributed by atoms with Crippen LogP contribution >= 0.6 is 0 Å². The van der Waals surface area contributed by atoms with Crippen molar-refractivity contribution in [3.05, 3.63) is 78.0 Å². The number of hydrogen-bond acceptors (Lipinski definition) is 3. The molecule has 0 radical (unpaired) electrons. The van der Waals surface area contributed by atoms with E-state index in [1.807, 2.05) is 18.2 Å². The minimum atomic E-state index is -0.852. The van der Waals surface area contributed by atoms with Crippen LogP contribution in [-0.2, 0) is 4.74 Å². The molecule has 1 N–H and O–H groups in total. The normalized spacial score (nSPS) is 12.4. The Labute approximate surface area is 201 Å². The van der Waals surface area contributed by atoms with Crippen molar-refractivity contribution in [2.75, 3.05) is 6.61 Å². The standard InChI is InChI=1S/C29H33F2NO2/c1-3-4-8-19-34-21(2)9-6-5-7-10-24-15-17-26(29(31)28(24)30)23-13-11-22(12-14-23)25-16-18-27(33)32-20-25/h7,10-18,20-21H,3-6,8-9,19H2,1-2H3,(H,32,33). The van der Waals surface area contributed by atoms with Gasteiger partial charge in [-0.3, -0.25) is 0 Å². The largest absolute Gasteiger partial charge is 0.493 e. The van der Waals surface area contributed by atoms with Crippen LogP contribution < -0.4 is 0 Å². The van der Waals surface area contributed by atoms with Crippen molar-refractivity contribution in [1.29, 1.82) is 0 Å². The van der Waals surface area contributed by atoms with E-state index >= 15 is 0 Å². The molecule has 2 aromatic carbocycles. The van der Waals surface area contributed by atoms with Crippen LogP contribution in [0.3, 0.4) is 0 Å². The van der Waals surface area contributed by atoms with Crippen molar-refractivity contribution in [3.8, 4) is 28.1 Å². The summed E-state index contributed by atoms with van der Waals surface area (Å²) in [5.41, 5.74) is 2.76. The lowest BCUT2D eigenvalue weighted by molar-refractivity contribution is 0.0566. The lowest BCUT2D eigenvalue weighted by Gasteiger charge is -2.12. The number of unbranched alkanes of at least 4 members (excludes halogenated alkanes) is 3. The highest BCUT2D eigenvalue weighted by Crippen LogP contribution is 2.29. The second-order valence-corrected chi connectivity index (χ2v) is 8.53. The molecule has 3 nitrogen and oxygen atoms in total. The van der Waals surface area contributed by atoms with E-state index in [4.69, 9.17) is 4.74 Å². The third-order valence-corrected chi connectivity index (χ3v) is 5.82. The molecule has 0 bridgehead atoms. The van der Waals surface area contributed by atoms with Gasteiger partial charge in [0.15, 0.2) is 11.6 Å². The molecule has 0 fully saturated rings. The van der Waals surface area contributed by atoms with E-state index in [2.05, 4.69) is 18.8 Å². The minimum absolute atomic E-state index is 0.0477. The molecular formula is C29H33F2NO2. The van der Waals surface area contributed by atoms with Crippen LogP contribution in [-0.4, -0.2) is 22.8 Å². The first-order valence-electron chi connectivity index (χ1n) is 12.0. The van der Waals surface area contributed by atoms with Crippen molar-refractivity contribution in [2.24, 2.45) is 0 Å². The van der Waals surface area contributed by atoms with Gasteiger partial charge in [0, 0.05) is 35.6 Å². The Kier molecular flexibility index (Phi) is 9.77. The van der Waals surface area contributed by atoms with Crippen LogP contribution in [0, 0.1) is 11.6 Å². The molecule has 1 unspecified atom stereocenters. The summed E-state index contributed by atoms with van der Waals surface area (Å²) in [6.45, 7) is 5.06. The number of pyridine rings is 1. The van der Waals surface area contributed by atoms with Gasteiger partial charge in [0.2, 0.25) is 5.88 Å². The van der Waals surface area contributed by atoms with Crippen LogP contribution in [0.5, 0.6) is 5.88 Å². The smallest absolute Gasteiger partial charge is 0.210 e. The van der Waals surface area contributed by atoms with Crippen molar-refractivity contribution in [3.63, 3.8) is 0 Å². The highest BCUT2D eigenvalue weighted by atomic mass is 19.2. The number of aromatic nitrogens is 1. The number of aromatic hydroxyl groups is 1. The maximum atomic E-state index is 14.8. The predicted molar refractivity (Wildman–Crippen MR) is 135 cm³/mol. The van der Waals surface area contributed by atoms with Gasteiger partial charge in [-0.05, 0) is 49.8 Å². The van der Waals surface area contributed by atoms with E-state index in [1.54, 1.807) is 42.6 Å². The number of benzene rings is 2. The number of hydrogen-bond donors (Lipinski definition) is 1. The predicted octanol–water partition coefficient (Wildman–Crippen LogP) is 8.18. The van der Waals surface area contributed by atoms with Crippen LogP contribution in [0.25, 0.3) is 28.3 Å². The molecule has 0 amide bonds. The van der Waals surface area contributed by atoms with Gasteiger partial charge < -0.3 is 9.84 Å². The monoisotopic (exact) mass is 465 g/mol. The summed E-state index contributed by atoms with van der Waals surface area (Å²) in [5.74, 6) is -1.74. The number of ether oxygens (including phenoxy) is 1. The molecule has 180 valence electrons. The van der Waals surface area contributed by atoms with Gasteiger partial charge in [-0.25, -0.2) is 13.8 Å².